The average Bonchev–Trinajstić information content (AvgIpc) is 2.79. The Morgan fingerprint density at radius 2 is 1.94 bits per heavy atom. The molecule has 0 aliphatic carbocycles. The van der Waals surface area contributed by atoms with Gasteiger partial charge in [0.05, 0.1) is 12.0 Å². The van der Waals surface area contributed by atoms with Crippen molar-refractivity contribution >= 4 is 5.57 Å². The van der Waals surface area contributed by atoms with Crippen molar-refractivity contribution in [2.24, 2.45) is 0 Å². The van der Waals surface area contributed by atoms with Crippen molar-refractivity contribution in [3.63, 3.8) is 0 Å². The number of hydrogen-bond donors (Lipinski definition) is 1. The summed E-state index contributed by atoms with van der Waals surface area (Å²) in [4.78, 5) is 3.40. The van der Waals surface area contributed by atoms with E-state index in [4.69, 9.17) is 4.74 Å². The van der Waals surface area contributed by atoms with Crippen molar-refractivity contribution < 1.29 is 4.74 Å². The molecule has 0 fully saturated rings. The standard InChI is InChI=1S/C15H15NO/c1-11-14-7-8-15(16-14)13(10-17-11)9-12-5-3-2-4-6-12/h2-8,10-11,16H,9H2,1H3. The third kappa shape index (κ3) is 1.98. The van der Waals surface area contributed by atoms with Gasteiger partial charge >= 0.3 is 0 Å². The maximum Gasteiger partial charge on any atom is 0.135 e. The summed E-state index contributed by atoms with van der Waals surface area (Å²) in [5.74, 6) is 0. The zero-order valence-corrected chi connectivity index (χ0v) is 9.81. The number of H-pyrrole nitrogens is 1. The van der Waals surface area contributed by atoms with Gasteiger partial charge in [-0.15, -0.1) is 0 Å². The first kappa shape index (κ1) is 10.2. The van der Waals surface area contributed by atoms with E-state index in [2.05, 4.69) is 48.3 Å². The SMILES string of the molecule is CC1OC=C(Cc2ccccc2)c2ccc1[nH]2. The molecule has 0 amide bonds. The molecule has 2 heterocycles. The summed E-state index contributed by atoms with van der Waals surface area (Å²) in [7, 11) is 0. The van der Waals surface area contributed by atoms with Crippen LogP contribution in [0.25, 0.3) is 5.57 Å². The second-order valence-corrected chi connectivity index (χ2v) is 4.41. The third-order valence-corrected chi connectivity index (χ3v) is 3.14. The van der Waals surface area contributed by atoms with Crippen molar-refractivity contribution in [2.75, 3.05) is 0 Å². The first-order valence-electron chi connectivity index (χ1n) is 5.90. The second-order valence-electron chi connectivity index (χ2n) is 4.41. The van der Waals surface area contributed by atoms with Gasteiger partial charge in [-0.3, -0.25) is 0 Å². The Kier molecular flexibility index (Phi) is 2.48. The second kappa shape index (κ2) is 4.13. The minimum absolute atomic E-state index is 0.108. The van der Waals surface area contributed by atoms with Crippen LogP contribution in [-0.4, -0.2) is 4.98 Å². The van der Waals surface area contributed by atoms with Crippen LogP contribution in [0.15, 0.2) is 48.7 Å². The Morgan fingerprint density at radius 1 is 1.12 bits per heavy atom. The van der Waals surface area contributed by atoms with Crippen LogP contribution in [0.5, 0.6) is 0 Å². The molecule has 1 N–H and O–H groups in total. The summed E-state index contributed by atoms with van der Waals surface area (Å²) in [6.45, 7) is 2.05. The van der Waals surface area contributed by atoms with Gasteiger partial charge in [-0.05, 0) is 24.6 Å². The minimum Gasteiger partial charge on any atom is -0.492 e. The Labute approximate surface area is 101 Å². The largest absolute Gasteiger partial charge is 0.492 e. The summed E-state index contributed by atoms with van der Waals surface area (Å²) in [5.41, 5.74) is 4.80. The van der Waals surface area contributed by atoms with Gasteiger partial charge in [0.15, 0.2) is 0 Å². The van der Waals surface area contributed by atoms with Crippen LogP contribution >= 0.6 is 0 Å². The lowest BCUT2D eigenvalue weighted by Crippen LogP contribution is -1.93. The lowest BCUT2D eigenvalue weighted by Gasteiger charge is -2.09. The highest BCUT2D eigenvalue weighted by Crippen LogP contribution is 2.27. The Bertz CT molecular complexity index is 539. The number of hydrogen-bond acceptors (Lipinski definition) is 1. The van der Waals surface area contributed by atoms with E-state index in [0.717, 1.165) is 17.8 Å². The molecule has 0 saturated carbocycles. The van der Waals surface area contributed by atoms with E-state index < -0.39 is 0 Å². The molecule has 1 aromatic heterocycles. The summed E-state index contributed by atoms with van der Waals surface area (Å²) < 4.78 is 5.69. The first-order chi connectivity index (χ1) is 8.33. The van der Waals surface area contributed by atoms with Crippen LogP contribution in [0.2, 0.25) is 0 Å². The fourth-order valence-electron chi connectivity index (χ4n) is 2.11. The number of aromatic amines is 1. The van der Waals surface area contributed by atoms with Gasteiger partial charge < -0.3 is 9.72 Å². The van der Waals surface area contributed by atoms with Crippen molar-refractivity contribution in [2.45, 2.75) is 19.4 Å². The normalized spacial score (nSPS) is 18.2. The van der Waals surface area contributed by atoms with Crippen molar-refractivity contribution in [1.29, 1.82) is 0 Å². The van der Waals surface area contributed by atoms with Gasteiger partial charge in [0.2, 0.25) is 0 Å². The molecule has 1 aliphatic heterocycles. The molecular formula is C15H15NO. The number of fused-ring (bicyclic) bond motifs is 2. The van der Waals surface area contributed by atoms with Gasteiger partial charge in [-0.1, -0.05) is 30.3 Å². The molecule has 2 heteroatoms. The Hall–Kier alpha value is -1.96. The fourth-order valence-corrected chi connectivity index (χ4v) is 2.11. The van der Waals surface area contributed by atoms with Gasteiger partial charge in [0.1, 0.15) is 6.10 Å². The summed E-state index contributed by atoms with van der Waals surface area (Å²) in [6.07, 6.45) is 2.89. The van der Waals surface area contributed by atoms with Gasteiger partial charge in [0, 0.05) is 17.7 Å². The molecule has 2 nitrogen and oxygen atoms in total. The van der Waals surface area contributed by atoms with Crippen LogP contribution in [0.1, 0.15) is 30.0 Å². The van der Waals surface area contributed by atoms with Crippen molar-refractivity contribution in [1.82, 2.24) is 4.98 Å². The van der Waals surface area contributed by atoms with Gasteiger partial charge in [0.25, 0.3) is 0 Å². The van der Waals surface area contributed by atoms with Crippen LogP contribution in [0.3, 0.4) is 0 Å². The third-order valence-electron chi connectivity index (χ3n) is 3.14. The highest BCUT2D eigenvalue weighted by molar-refractivity contribution is 5.65. The molecule has 1 atom stereocenters. The number of nitrogens with one attached hydrogen (secondary N) is 1. The number of benzene rings is 1. The first-order valence-corrected chi connectivity index (χ1v) is 5.90. The quantitative estimate of drug-likeness (QED) is 0.828. The number of ether oxygens (including phenoxy) is 1. The van der Waals surface area contributed by atoms with E-state index in [1.165, 1.54) is 11.1 Å². The van der Waals surface area contributed by atoms with Gasteiger partial charge in [-0.2, -0.15) is 0 Å². The molecule has 3 rings (SSSR count). The predicted octanol–water partition coefficient (Wildman–Crippen LogP) is 3.69. The Balaban J connectivity index is 1.90. The summed E-state index contributed by atoms with van der Waals surface area (Å²) in [5, 5.41) is 0. The molecule has 0 saturated heterocycles. The van der Waals surface area contributed by atoms with Crippen LogP contribution in [-0.2, 0) is 11.2 Å². The predicted molar refractivity (Wildman–Crippen MR) is 68.4 cm³/mol. The highest BCUT2D eigenvalue weighted by Gasteiger charge is 2.15. The summed E-state index contributed by atoms with van der Waals surface area (Å²) in [6, 6.07) is 14.7. The van der Waals surface area contributed by atoms with Crippen molar-refractivity contribution in [3.05, 3.63) is 65.7 Å². The molecule has 1 unspecified atom stereocenters. The lowest BCUT2D eigenvalue weighted by molar-refractivity contribution is 0.163. The van der Waals surface area contributed by atoms with Crippen LogP contribution < -0.4 is 0 Å². The van der Waals surface area contributed by atoms with E-state index in [1.807, 2.05) is 12.3 Å². The van der Waals surface area contributed by atoms with Crippen LogP contribution in [0.4, 0.5) is 0 Å². The molecule has 0 radical (unpaired) electrons. The molecule has 1 aromatic carbocycles. The maximum atomic E-state index is 5.69. The molecule has 0 spiro atoms. The topological polar surface area (TPSA) is 25.0 Å². The van der Waals surface area contributed by atoms with E-state index >= 15 is 0 Å². The van der Waals surface area contributed by atoms with Crippen LogP contribution in [0, 0.1) is 0 Å². The fraction of sp³-hybridized carbons (Fsp3) is 0.200. The summed E-state index contributed by atoms with van der Waals surface area (Å²) >= 11 is 0. The van der Waals surface area contributed by atoms with E-state index in [-0.39, 0.29) is 6.10 Å². The van der Waals surface area contributed by atoms with E-state index in [0.29, 0.717) is 0 Å². The molecule has 86 valence electrons. The number of rotatable bonds is 2. The minimum atomic E-state index is 0.108. The highest BCUT2D eigenvalue weighted by atomic mass is 16.5. The number of allylic oxidation sites excluding steroid dienone is 1. The lowest BCUT2D eigenvalue weighted by atomic mass is 10.0. The van der Waals surface area contributed by atoms with E-state index in [9.17, 15) is 0 Å². The van der Waals surface area contributed by atoms with Crippen molar-refractivity contribution in [3.8, 4) is 0 Å². The maximum absolute atomic E-state index is 5.69. The Morgan fingerprint density at radius 3 is 2.76 bits per heavy atom. The zero-order chi connectivity index (χ0) is 11.7. The smallest absolute Gasteiger partial charge is 0.135 e. The zero-order valence-electron chi connectivity index (χ0n) is 9.81. The molecule has 2 bridgehead atoms. The monoisotopic (exact) mass is 225 g/mol. The molecule has 2 aromatic rings. The number of aromatic nitrogens is 1. The molecule has 17 heavy (non-hydrogen) atoms. The molecule has 1 aliphatic rings. The average molecular weight is 225 g/mol. The van der Waals surface area contributed by atoms with Gasteiger partial charge in [-0.25, -0.2) is 0 Å². The molecular weight excluding hydrogens is 210 g/mol. The van der Waals surface area contributed by atoms with E-state index in [1.54, 1.807) is 0 Å².